The molecule has 0 aliphatic heterocycles. The van der Waals surface area contributed by atoms with Crippen molar-refractivity contribution >= 4 is 70.7 Å². The Bertz CT molecular complexity index is 1020. The average molecular weight is 541 g/mol. The van der Waals surface area contributed by atoms with Gasteiger partial charge in [-0.05, 0) is 50.5 Å². The van der Waals surface area contributed by atoms with Crippen molar-refractivity contribution in [3.05, 3.63) is 73.1 Å². The van der Waals surface area contributed by atoms with Gasteiger partial charge in [-0.1, -0.05) is 62.2 Å². The highest BCUT2D eigenvalue weighted by Crippen LogP contribution is 2.30. The van der Waals surface area contributed by atoms with Crippen LogP contribution < -0.4 is 5.43 Å². The second-order valence-electron chi connectivity index (χ2n) is 5.55. The third kappa shape index (κ3) is 4.34. The van der Waals surface area contributed by atoms with E-state index >= 15 is 0 Å². The number of phenols is 1. The van der Waals surface area contributed by atoms with Crippen LogP contribution >= 0.6 is 47.8 Å². The zero-order valence-electron chi connectivity index (χ0n) is 13.3. The summed E-state index contributed by atoms with van der Waals surface area (Å²) in [5.74, 6) is -0.117. The monoisotopic (exact) mass is 538 g/mol. The minimum absolute atomic E-state index is 0.0994. The molecule has 3 aromatic rings. The smallest absolute Gasteiger partial charge is 0.244 e. The number of benzene rings is 3. The van der Waals surface area contributed by atoms with Crippen molar-refractivity contribution in [3.63, 3.8) is 0 Å². The fourth-order valence-corrected chi connectivity index (χ4v) is 4.09. The van der Waals surface area contributed by atoms with E-state index < -0.39 is 0 Å². The van der Waals surface area contributed by atoms with Gasteiger partial charge in [0.15, 0.2) is 0 Å². The fourth-order valence-electron chi connectivity index (χ4n) is 2.52. The highest BCUT2D eigenvalue weighted by molar-refractivity contribution is 9.11. The number of rotatable bonds is 4. The zero-order valence-corrected chi connectivity index (χ0v) is 18.1. The lowest BCUT2D eigenvalue weighted by Crippen LogP contribution is -2.20. The SMILES string of the molecule is O=C(Cc1ccc(Br)c2ccccc12)N/N=C/c1cc(O)c(Br)cc1Br. The van der Waals surface area contributed by atoms with Gasteiger partial charge in [0.05, 0.1) is 17.1 Å². The Balaban J connectivity index is 1.72. The first-order valence-electron chi connectivity index (χ1n) is 7.61. The number of phenolic OH excluding ortho intramolecular Hbond substituents is 1. The van der Waals surface area contributed by atoms with Crippen LogP contribution in [0.1, 0.15) is 11.1 Å². The van der Waals surface area contributed by atoms with Crippen LogP contribution in [-0.4, -0.2) is 17.2 Å². The highest BCUT2D eigenvalue weighted by Gasteiger charge is 2.09. The minimum atomic E-state index is -0.216. The molecular formula is C19H13Br3N2O2. The van der Waals surface area contributed by atoms with Gasteiger partial charge < -0.3 is 5.11 Å². The standard InChI is InChI=1S/C19H13Br3N2O2/c20-15-6-5-11(13-3-1-2-4-14(13)15)8-19(26)24-23-10-12-7-18(25)17(22)9-16(12)21/h1-7,9-10,25H,8H2,(H,24,26)/b23-10+. The molecule has 0 aliphatic rings. The van der Waals surface area contributed by atoms with Crippen molar-refractivity contribution in [2.24, 2.45) is 5.10 Å². The molecule has 2 N–H and O–H groups in total. The van der Waals surface area contributed by atoms with E-state index in [1.54, 1.807) is 12.1 Å². The zero-order chi connectivity index (χ0) is 18.7. The number of fused-ring (bicyclic) bond motifs is 1. The summed E-state index contributed by atoms with van der Waals surface area (Å²) in [6, 6.07) is 15.1. The van der Waals surface area contributed by atoms with Crippen LogP contribution in [0.4, 0.5) is 0 Å². The summed E-state index contributed by atoms with van der Waals surface area (Å²) in [7, 11) is 0. The molecule has 0 bridgehead atoms. The van der Waals surface area contributed by atoms with Crippen LogP contribution in [0.25, 0.3) is 10.8 Å². The summed E-state index contributed by atoms with van der Waals surface area (Å²) >= 11 is 10.2. The van der Waals surface area contributed by atoms with Crippen LogP contribution in [0.2, 0.25) is 0 Å². The number of carbonyl (C=O) groups is 1. The van der Waals surface area contributed by atoms with E-state index in [0.29, 0.717) is 10.0 Å². The Morgan fingerprint density at radius 2 is 1.73 bits per heavy atom. The number of amides is 1. The largest absolute Gasteiger partial charge is 0.507 e. The number of halogens is 3. The van der Waals surface area contributed by atoms with Crippen LogP contribution in [0, 0.1) is 0 Å². The van der Waals surface area contributed by atoms with Gasteiger partial charge in [0.2, 0.25) is 5.91 Å². The van der Waals surface area contributed by atoms with Crippen LogP contribution in [0.3, 0.4) is 0 Å². The molecule has 4 nitrogen and oxygen atoms in total. The molecule has 0 atom stereocenters. The third-order valence-electron chi connectivity index (χ3n) is 3.77. The van der Waals surface area contributed by atoms with Gasteiger partial charge in [-0.3, -0.25) is 4.79 Å². The molecule has 7 heteroatoms. The van der Waals surface area contributed by atoms with Gasteiger partial charge in [-0.15, -0.1) is 0 Å². The van der Waals surface area contributed by atoms with Crippen molar-refractivity contribution in [1.29, 1.82) is 0 Å². The molecular weight excluding hydrogens is 528 g/mol. The Morgan fingerprint density at radius 3 is 2.50 bits per heavy atom. The molecule has 0 spiro atoms. The molecule has 0 aromatic heterocycles. The van der Waals surface area contributed by atoms with Gasteiger partial charge in [-0.2, -0.15) is 5.10 Å². The van der Waals surface area contributed by atoms with E-state index in [1.165, 1.54) is 6.21 Å². The summed E-state index contributed by atoms with van der Waals surface area (Å²) in [6.07, 6.45) is 1.70. The van der Waals surface area contributed by atoms with Gasteiger partial charge in [0.25, 0.3) is 0 Å². The van der Waals surface area contributed by atoms with Gasteiger partial charge in [-0.25, -0.2) is 5.43 Å². The Labute approximate surface area is 175 Å². The average Bonchev–Trinajstić information content (AvgIpc) is 2.62. The molecule has 3 aromatic carbocycles. The maximum Gasteiger partial charge on any atom is 0.244 e. The van der Waals surface area contributed by atoms with Gasteiger partial charge >= 0.3 is 0 Å². The molecule has 0 unspecified atom stereocenters. The minimum Gasteiger partial charge on any atom is -0.507 e. The number of carbonyl (C=O) groups excluding carboxylic acids is 1. The van der Waals surface area contributed by atoms with Crippen molar-refractivity contribution in [2.45, 2.75) is 6.42 Å². The van der Waals surface area contributed by atoms with Crippen molar-refractivity contribution in [2.75, 3.05) is 0 Å². The van der Waals surface area contributed by atoms with Crippen molar-refractivity contribution in [3.8, 4) is 5.75 Å². The maximum atomic E-state index is 12.2. The first kappa shape index (κ1) is 19.1. The molecule has 0 saturated heterocycles. The molecule has 0 fully saturated rings. The Kier molecular flexibility index (Phi) is 6.11. The van der Waals surface area contributed by atoms with Crippen molar-refractivity contribution in [1.82, 2.24) is 5.43 Å². The molecule has 0 saturated carbocycles. The molecule has 132 valence electrons. The third-order valence-corrected chi connectivity index (χ3v) is 5.78. The first-order valence-corrected chi connectivity index (χ1v) is 9.99. The molecule has 26 heavy (non-hydrogen) atoms. The lowest BCUT2D eigenvalue weighted by atomic mass is 10.0. The van der Waals surface area contributed by atoms with Crippen molar-refractivity contribution < 1.29 is 9.90 Å². The van der Waals surface area contributed by atoms with E-state index in [4.69, 9.17) is 0 Å². The highest BCUT2D eigenvalue weighted by atomic mass is 79.9. The lowest BCUT2D eigenvalue weighted by molar-refractivity contribution is -0.120. The predicted molar refractivity (Wildman–Crippen MR) is 115 cm³/mol. The summed E-state index contributed by atoms with van der Waals surface area (Å²) in [6.45, 7) is 0. The topological polar surface area (TPSA) is 61.7 Å². The lowest BCUT2D eigenvalue weighted by Gasteiger charge is -2.07. The quantitative estimate of drug-likeness (QED) is 0.338. The first-order chi connectivity index (χ1) is 12.5. The van der Waals surface area contributed by atoms with E-state index in [9.17, 15) is 9.90 Å². The summed E-state index contributed by atoms with van der Waals surface area (Å²) in [4.78, 5) is 12.2. The van der Waals surface area contributed by atoms with Gasteiger partial charge in [0, 0.05) is 14.5 Å². The normalized spacial score (nSPS) is 11.2. The van der Waals surface area contributed by atoms with Crippen LogP contribution in [-0.2, 0) is 11.2 Å². The maximum absolute atomic E-state index is 12.2. The van der Waals surface area contributed by atoms with E-state index in [0.717, 1.165) is 25.3 Å². The molecule has 0 radical (unpaired) electrons. The molecule has 3 rings (SSSR count). The summed E-state index contributed by atoms with van der Waals surface area (Å²) in [5.41, 5.74) is 4.11. The molecule has 0 heterocycles. The number of hydrogen-bond donors (Lipinski definition) is 2. The van der Waals surface area contributed by atoms with Gasteiger partial charge in [0.1, 0.15) is 5.75 Å². The Morgan fingerprint density at radius 1 is 1.00 bits per heavy atom. The predicted octanol–water partition coefficient (Wildman–Crippen LogP) is 5.53. The Hall–Kier alpha value is -1.70. The number of nitrogens with one attached hydrogen (secondary N) is 1. The number of aromatic hydroxyl groups is 1. The van der Waals surface area contributed by atoms with Crippen LogP contribution in [0.15, 0.2) is 67.1 Å². The molecule has 0 aliphatic carbocycles. The van der Waals surface area contributed by atoms with E-state index in [1.807, 2.05) is 36.4 Å². The second-order valence-corrected chi connectivity index (χ2v) is 8.11. The fraction of sp³-hybridized carbons (Fsp3) is 0.0526. The number of hydrogen-bond acceptors (Lipinski definition) is 3. The van der Waals surface area contributed by atoms with E-state index in [2.05, 4.69) is 58.3 Å². The number of hydrazone groups is 1. The summed E-state index contributed by atoms with van der Waals surface area (Å²) in [5, 5.41) is 15.8. The van der Waals surface area contributed by atoms with E-state index in [-0.39, 0.29) is 18.1 Å². The van der Waals surface area contributed by atoms with Crippen LogP contribution in [0.5, 0.6) is 5.75 Å². The molecule has 1 amide bonds. The summed E-state index contributed by atoms with van der Waals surface area (Å²) < 4.78 is 2.32. The number of nitrogens with zero attached hydrogens (tertiary/aromatic N) is 1. The second kappa shape index (κ2) is 8.33.